The highest BCUT2D eigenvalue weighted by molar-refractivity contribution is 6.16. The number of hydrogen-bond donors (Lipinski definition) is 0. The van der Waals surface area contributed by atoms with Gasteiger partial charge in [-0.2, -0.15) is 0 Å². The lowest BCUT2D eigenvalue weighted by Crippen LogP contribution is -2.10. The zero-order chi connectivity index (χ0) is 45.0. The molecule has 2 nitrogen and oxygen atoms in total. The van der Waals surface area contributed by atoms with Crippen LogP contribution in [-0.4, -0.2) is 4.57 Å². The molecule has 0 unspecified atom stereocenters. The fourth-order valence-electron chi connectivity index (χ4n) is 10.5. The van der Waals surface area contributed by atoms with E-state index in [9.17, 15) is 0 Å². The Morgan fingerprint density at radius 3 is 1.57 bits per heavy atom. The van der Waals surface area contributed by atoms with Crippen LogP contribution >= 0.6 is 0 Å². The summed E-state index contributed by atoms with van der Waals surface area (Å²) in [5, 5.41) is 10.1. The van der Waals surface area contributed by atoms with Crippen molar-refractivity contribution in [3.05, 3.63) is 267 Å². The largest absolute Gasteiger partial charge is 0.310 e. The number of benzene rings is 12. The summed E-state index contributed by atoms with van der Waals surface area (Å²) in [6.07, 6.45) is 0. The third kappa shape index (κ3) is 6.82. The maximum Gasteiger partial charge on any atom is 0.0547 e. The molecular formula is C66H44N2. The molecule has 13 rings (SSSR count). The summed E-state index contributed by atoms with van der Waals surface area (Å²) < 4.78 is 2.39. The molecule has 0 radical (unpaired) electrons. The quantitative estimate of drug-likeness (QED) is 0.138. The summed E-state index contributed by atoms with van der Waals surface area (Å²) in [6, 6.07) is 97.4. The molecule has 0 aliphatic heterocycles. The van der Waals surface area contributed by atoms with Crippen molar-refractivity contribution >= 4 is 71.2 Å². The molecule has 12 aromatic carbocycles. The van der Waals surface area contributed by atoms with Crippen LogP contribution in [0.25, 0.3) is 104 Å². The van der Waals surface area contributed by atoms with E-state index < -0.39 is 0 Å². The zero-order valence-corrected chi connectivity index (χ0v) is 37.3. The van der Waals surface area contributed by atoms with Gasteiger partial charge in [0.25, 0.3) is 0 Å². The fraction of sp³-hybridized carbons (Fsp3) is 0. The van der Waals surface area contributed by atoms with Crippen molar-refractivity contribution in [2.45, 2.75) is 0 Å². The van der Waals surface area contributed by atoms with Gasteiger partial charge < -0.3 is 9.47 Å². The highest BCUT2D eigenvalue weighted by Gasteiger charge is 2.19. The molecule has 2 heteroatoms. The first-order valence-corrected chi connectivity index (χ1v) is 23.4. The van der Waals surface area contributed by atoms with Crippen LogP contribution in [0.15, 0.2) is 267 Å². The van der Waals surface area contributed by atoms with Gasteiger partial charge in [0.15, 0.2) is 0 Å². The van der Waals surface area contributed by atoms with Crippen molar-refractivity contribution in [2.24, 2.45) is 0 Å². The lowest BCUT2D eigenvalue weighted by atomic mass is 9.94. The standard InChI is InChI=1S/C66H44N2/c1-2-17-54(18-3-1)68-64-25-9-8-21-63(64)66-60(23-12-26-65(66)68)53-16-10-19-57(44-53)67(56-40-35-50(36-41-56)59-22-11-24-61-58-20-7-6-14-49(58)37-42-62(59)61)55-38-33-47(34-39-55)46-27-29-48(30-28-46)52-32-31-45-13-4-5-15-51(45)43-52/h1-44H. The average molecular weight is 865 g/mol. The number of fused-ring (bicyclic) bond motifs is 7. The number of para-hydroxylation sites is 2. The number of aromatic nitrogens is 1. The number of anilines is 3. The zero-order valence-electron chi connectivity index (χ0n) is 37.3. The molecule has 0 bridgehead atoms. The lowest BCUT2D eigenvalue weighted by molar-refractivity contribution is 1.18. The number of hydrogen-bond acceptors (Lipinski definition) is 1. The van der Waals surface area contributed by atoms with E-state index in [1.54, 1.807) is 0 Å². The smallest absolute Gasteiger partial charge is 0.0547 e. The normalized spacial score (nSPS) is 11.5. The minimum atomic E-state index is 1.09. The van der Waals surface area contributed by atoms with Gasteiger partial charge in [-0.1, -0.05) is 200 Å². The molecular weight excluding hydrogens is 821 g/mol. The molecule has 13 aromatic rings. The van der Waals surface area contributed by atoms with E-state index in [1.807, 2.05) is 0 Å². The third-order valence-corrected chi connectivity index (χ3v) is 13.8. The molecule has 318 valence electrons. The highest BCUT2D eigenvalue weighted by atomic mass is 15.1. The van der Waals surface area contributed by atoms with Gasteiger partial charge in [-0.3, -0.25) is 0 Å². The molecule has 0 aliphatic carbocycles. The van der Waals surface area contributed by atoms with Crippen molar-refractivity contribution in [1.82, 2.24) is 4.57 Å². The predicted molar refractivity (Wildman–Crippen MR) is 290 cm³/mol. The minimum absolute atomic E-state index is 1.09. The van der Waals surface area contributed by atoms with E-state index in [1.165, 1.54) is 93.1 Å². The highest BCUT2D eigenvalue weighted by Crippen LogP contribution is 2.43. The molecule has 1 aromatic heterocycles. The number of rotatable bonds is 8. The second kappa shape index (κ2) is 16.5. The Morgan fingerprint density at radius 1 is 0.250 bits per heavy atom. The molecule has 0 spiro atoms. The Bertz CT molecular complexity index is 4000. The van der Waals surface area contributed by atoms with Gasteiger partial charge >= 0.3 is 0 Å². The van der Waals surface area contributed by atoms with Crippen LogP contribution in [0, 0.1) is 0 Å². The van der Waals surface area contributed by atoms with Crippen LogP contribution < -0.4 is 4.90 Å². The predicted octanol–water partition coefficient (Wildman–Crippen LogP) is 18.4. The van der Waals surface area contributed by atoms with Crippen molar-refractivity contribution in [1.29, 1.82) is 0 Å². The van der Waals surface area contributed by atoms with Gasteiger partial charge in [-0.15, -0.1) is 0 Å². The van der Waals surface area contributed by atoms with E-state index in [-0.39, 0.29) is 0 Å². The van der Waals surface area contributed by atoms with Crippen LogP contribution in [0.1, 0.15) is 0 Å². The van der Waals surface area contributed by atoms with Gasteiger partial charge in [-0.25, -0.2) is 0 Å². The molecule has 0 fully saturated rings. The van der Waals surface area contributed by atoms with Crippen molar-refractivity contribution in [2.75, 3.05) is 4.90 Å². The Labute approximate surface area is 395 Å². The summed E-state index contributed by atoms with van der Waals surface area (Å²) in [4.78, 5) is 2.39. The lowest BCUT2D eigenvalue weighted by Gasteiger charge is -2.26. The second-order valence-corrected chi connectivity index (χ2v) is 17.7. The topological polar surface area (TPSA) is 8.17 Å². The molecule has 0 N–H and O–H groups in total. The number of nitrogens with zero attached hydrogens (tertiary/aromatic N) is 2. The Morgan fingerprint density at radius 2 is 0.794 bits per heavy atom. The second-order valence-electron chi connectivity index (χ2n) is 17.7. The maximum atomic E-state index is 2.39. The van der Waals surface area contributed by atoms with Gasteiger partial charge in [0.05, 0.1) is 11.0 Å². The van der Waals surface area contributed by atoms with Gasteiger partial charge in [0.2, 0.25) is 0 Å². The van der Waals surface area contributed by atoms with Gasteiger partial charge in [0.1, 0.15) is 0 Å². The molecule has 0 aliphatic rings. The first-order chi connectivity index (χ1) is 33.7. The molecule has 0 saturated carbocycles. The van der Waals surface area contributed by atoms with E-state index in [0.717, 1.165) is 28.3 Å². The van der Waals surface area contributed by atoms with Crippen LogP contribution in [0.5, 0.6) is 0 Å². The summed E-state index contributed by atoms with van der Waals surface area (Å²) in [7, 11) is 0. The molecule has 68 heavy (non-hydrogen) atoms. The molecule has 0 amide bonds. The summed E-state index contributed by atoms with van der Waals surface area (Å²) in [5.41, 5.74) is 16.4. The van der Waals surface area contributed by atoms with Gasteiger partial charge in [0, 0.05) is 33.5 Å². The van der Waals surface area contributed by atoms with E-state index in [2.05, 4.69) is 276 Å². The third-order valence-electron chi connectivity index (χ3n) is 13.8. The molecule has 1 heterocycles. The van der Waals surface area contributed by atoms with Crippen molar-refractivity contribution < 1.29 is 0 Å². The first-order valence-electron chi connectivity index (χ1n) is 23.4. The van der Waals surface area contributed by atoms with Crippen molar-refractivity contribution in [3.8, 4) is 50.2 Å². The monoisotopic (exact) mass is 864 g/mol. The average Bonchev–Trinajstić information content (AvgIpc) is 3.76. The van der Waals surface area contributed by atoms with Crippen LogP contribution in [0.2, 0.25) is 0 Å². The van der Waals surface area contributed by atoms with Crippen molar-refractivity contribution in [3.63, 3.8) is 0 Å². The maximum absolute atomic E-state index is 2.39. The molecule has 0 saturated heterocycles. The Kier molecular flexibility index (Phi) is 9.54. The summed E-state index contributed by atoms with van der Waals surface area (Å²) >= 11 is 0. The van der Waals surface area contributed by atoms with E-state index in [4.69, 9.17) is 0 Å². The van der Waals surface area contributed by atoms with Crippen LogP contribution in [0.4, 0.5) is 17.1 Å². The fourth-order valence-corrected chi connectivity index (χ4v) is 10.5. The SMILES string of the molecule is c1ccc(-n2c3ccccc3c3c(-c4cccc(N(c5ccc(-c6ccc(-c7ccc8ccccc8c7)cc6)cc5)c5ccc(-c6cccc7c6ccc6ccccc67)cc5)c4)cccc32)cc1. The van der Waals surface area contributed by atoms with E-state index >= 15 is 0 Å². The van der Waals surface area contributed by atoms with Crippen LogP contribution in [-0.2, 0) is 0 Å². The molecule has 0 atom stereocenters. The summed E-state index contributed by atoms with van der Waals surface area (Å²) in [6.45, 7) is 0. The Balaban J connectivity index is 0.908. The van der Waals surface area contributed by atoms with E-state index in [0.29, 0.717) is 0 Å². The first kappa shape index (κ1) is 39.4. The minimum Gasteiger partial charge on any atom is -0.310 e. The van der Waals surface area contributed by atoms with Crippen LogP contribution in [0.3, 0.4) is 0 Å². The summed E-state index contributed by atoms with van der Waals surface area (Å²) in [5.74, 6) is 0. The Hall–Kier alpha value is -8.98. The van der Waals surface area contributed by atoms with Gasteiger partial charge in [-0.05, 0) is 144 Å².